The smallest absolute Gasteiger partial charge is 0.302 e. The van der Waals surface area contributed by atoms with Crippen molar-refractivity contribution in [1.29, 1.82) is 0 Å². The molecule has 1 saturated heterocycles. The van der Waals surface area contributed by atoms with Crippen molar-refractivity contribution in [2.75, 3.05) is 0 Å². The fourth-order valence-corrected chi connectivity index (χ4v) is 10.00. The minimum absolute atomic E-state index is 0.00240. The van der Waals surface area contributed by atoms with Gasteiger partial charge in [0.1, 0.15) is 11.7 Å². The van der Waals surface area contributed by atoms with Crippen LogP contribution in [0.5, 0.6) is 0 Å². The topological polar surface area (TPSA) is 38.8 Å². The van der Waals surface area contributed by atoms with Crippen LogP contribution in [0.2, 0.25) is 0 Å². The van der Waals surface area contributed by atoms with E-state index in [0.29, 0.717) is 11.5 Å². The molecule has 3 heteroatoms. The van der Waals surface area contributed by atoms with Crippen molar-refractivity contribution in [2.45, 2.75) is 130 Å². The predicted octanol–water partition coefficient (Wildman–Crippen LogP) is 7.17. The van der Waals surface area contributed by atoms with Crippen molar-refractivity contribution < 1.29 is 14.3 Å². The van der Waals surface area contributed by atoms with Crippen molar-refractivity contribution in [2.24, 2.45) is 46.3 Å². The van der Waals surface area contributed by atoms with Crippen LogP contribution in [0.4, 0.5) is 0 Å². The molecule has 10 atom stereocenters. The second kappa shape index (κ2) is 7.99. The standard InChI is InChI=1S/C29H48O3/c1-18(2)8-7-9-19(3)23-10-11-24-22-16-26-29(32-26)17-21(31-20(4)30)12-15-28(29,6)25(22)13-14-27(23,24)5/h18-19,21-26H,7-17H2,1-6H3/t19-,21+,22+,23-,24+,25+,26+,27-,28-,29+/m1/s1. The molecule has 0 radical (unpaired) electrons. The summed E-state index contributed by atoms with van der Waals surface area (Å²) in [6.07, 6.45) is 14.8. The van der Waals surface area contributed by atoms with E-state index in [2.05, 4.69) is 34.6 Å². The van der Waals surface area contributed by atoms with Crippen LogP contribution in [-0.4, -0.2) is 23.8 Å². The van der Waals surface area contributed by atoms with Crippen molar-refractivity contribution in [3.05, 3.63) is 0 Å². The third kappa shape index (κ3) is 3.42. The van der Waals surface area contributed by atoms with Crippen LogP contribution >= 0.6 is 0 Å². The SMILES string of the molecule is CC(=O)O[C@H]1CC[C@]2(C)[C@H]3CC[C@]4(C)[C@@H]([C@H](C)CCCC(C)C)CC[C@H]4[C@@H]3C[C@@H]3O[C@@]32C1. The summed E-state index contributed by atoms with van der Waals surface area (Å²) in [7, 11) is 0. The highest BCUT2D eigenvalue weighted by Crippen LogP contribution is 2.74. The molecule has 5 aliphatic rings. The average Bonchev–Trinajstić information content (AvgIpc) is 3.28. The number of carbonyl (C=O) groups excluding carboxylic acids is 1. The third-order valence-electron chi connectivity index (χ3n) is 11.6. The van der Waals surface area contributed by atoms with Gasteiger partial charge in [0.05, 0.1) is 6.10 Å². The van der Waals surface area contributed by atoms with Gasteiger partial charge in [-0.3, -0.25) is 4.79 Å². The Labute approximate surface area is 196 Å². The summed E-state index contributed by atoms with van der Waals surface area (Å²) in [6.45, 7) is 14.1. The van der Waals surface area contributed by atoms with Gasteiger partial charge in [0.2, 0.25) is 0 Å². The molecule has 0 aromatic heterocycles. The zero-order chi connectivity index (χ0) is 22.9. The van der Waals surface area contributed by atoms with E-state index in [-0.39, 0.29) is 23.1 Å². The van der Waals surface area contributed by atoms with Crippen molar-refractivity contribution in [1.82, 2.24) is 0 Å². The normalized spacial score (nSPS) is 50.1. The second-order valence-corrected chi connectivity index (χ2v) is 13.5. The molecule has 0 N–H and O–H groups in total. The Kier molecular flexibility index (Phi) is 5.79. The van der Waals surface area contributed by atoms with E-state index < -0.39 is 0 Å². The van der Waals surface area contributed by atoms with Gasteiger partial charge in [-0.05, 0) is 85.9 Å². The van der Waals surface area contributed by atoms with Gasteiger partial charge in [0.25, 0.3) is 0 Å². The highest BCUT2D eigenvalue weighted by molar-refractivity contribution is 5.66. The summed E-state index contributed by atoms with van der Waals surface area (Å²) in [4.78, 5) is 11.6. The molecule has 1 heterocycles. The molecular formula is C29H48O3. The second-order valence-electron chi connectivity index (χ2n) is 13.5. The highest BCUT2D eigenvalue weighted by atomic mass is 16.6. The van der Waals surface area contributed by atoms with Crippen LogP contribution in [0.25, 0.3) is 0 Å². The lowest BCUT2D eigenvalue weighted by atomic mass is 9.44. The van der Waals surface area contributed by atoms with Crippen molar-refractivity contribution in [3.8, 4) is 0 Å². The molecule has 0 amide bonds. The Hall–Kier alpha value is -0.570. The average molecular weight is 445 g/mol. The van der Waals surface area contributed by atoms with Crippen LogP contribution in [0.1, 0.15) is 112 Å². The number of rotatable bonds is 6. The summed E-state index contributed by atoms with van der Waals surface area (Å²) in [6, 6.07) is 0. The molecule has 0 unspecified atom stereocenters. The lowest BCUT2D eigenvalue weighted by molar-refractivity contribution is -0.157. The molecule has 1 aliphatic heterocycles. The zero-order valence-electron chi connectivity index (χ0n) is 21.6. The minimum Gasteiger partial charge on any atom is -0.462 e. The lowest BCUT2D eigenvalue weighted by Gasteiger charge is -2.59. The first kappa shape index (κ1) is 23.2. The van der Waals surface area contributed by atoms with Gasteiger partial charge < -0.3 is 9.47 Å². The molecule has 4 saturated carbocycles. The number of hydrogen-bond acceptors (Lipinski definition) is 3. The van der Waals surface area contributed by atoms with Crippen LogP contribution in [0.3, 0.4) is 0 Å². The quantitative estimate of drug-likeness (QED) is 0.322. The molecule has 0 aromatic carbocycles. The molecular weight excluding hydrogens is 396 g/mol. The van der Waals surface area contributed by atoms with Gasteiger partial charge in [0.15, 0.2) is 0 Å². The number of esters is 1. The fraction of sp³-hybridized carbons (Fsp3) is 0.966. The van der Waals surface area contributed by atoms with Gasteiger partial charge in [-0.2, -0.15) is 0 Å². The number of carbonyl (C=O) groups is 1. The summed E-state index contributed by atoms with van der Waals surface area (Å²) in [5, 5.41) is 0. The molecule has 0 aromatic rings. The fourth-order valence-electron chi connectivity index (χ4n) is 10.00. The summed E-state index contributed by atoms with van der Waals surface area (Å²) in [5.74, 6) is 5.03. The van der Waals surface area contributed by atoms with Crippen molar-refractivity contribution in [3.63, 3.8) is 0 Å². The van der Waals surface area contributed by atoms with Crippen molar-refractivity contribution >= 4 is 5.97 Å². The summed E-state index contributed by atoms with van der Waals surface area (Å²) in [5.41, 5.74) is 0.820. The van der Waals surface area contributed by atoms with Gasteiger partial charge in [-0.25, -0.2) is 0 Å². The maximum atomic E-state index is 11.6. The van der Waals surface area contributed by atoms with E-state index in [1.54, 1.807) is 6.92 Å². The maximum Gasteiger partial charge on any atom is 0.302 e. The van der Waals surface area contributed by atoms with E-state index >= 15 is 0 Å². The van der Waals surface area contributed by atoms with Gasteiger partial charge >= 0.3 is 5.97 Å². The zero-order valence-corrected chi connectivity index (χ0v) is 21.6. The highest BCUT2D eigenvalue weighted by Gasteiger charge is 2.76. The third-order valence-corrected chi connectivity index (χ3v) is 11.6. The summed E-state index contributed by atoms with van der Waals surface area (Å²) < 4.78 is 12.3. The van der Waals surface area contributed by atoms with E-state index in [1.165, 1.54) is 57.8 Å². The minimum atomic E-state index is -0.131. The van der Waals surface area contributed by atoms with E-state index in [0.717, 1.165) is 48.3 Å². The first-order chi connectivity index (χ1) is 15.1. The summed E-state index contributed by atoms with van der Waals surface area (Å²) >= 11 is 0. The Morgan fingerprint density at radius 2 is 1.81 bits per heavy atom. The van der Waals surface area contributed by atoms with Gasteiger partial charge in [-0.1, -0.05) is 53.9 Å². The molecule has 32 heavy (non-hydrogen) atoms. The number of ether oxygens (including phenoxy) is 2. The molecule has 4 aliphatic carbocycles. The first-order valence-electron chi connectivity index (χ1n) is 14.0. The van der Waals surface area contributed by atoms with E-state index in [9.17, 15) is 4.79 Å². The van der Waals surface area contributed by atoms with Crippen LogP contribution in [0, 0.1) is 46.3 Å². The van der Waals surface area contributed by atoms with Crippen LogP contribution < -0.4 is 0 Å². The largest absolute Gasteiger partial charge is 0.462 e. The first-order valence-corrected chi connectivity index (χ1v) is 14.0. The monoisotopic (exact) mass is 444 g/mol. The van der Waals surface area contributed by atoms with Crippen LogP contribution in [-0.2, 0) is 14.3 Å². The Balaban J connectivity index is 1.30. The Bertz CT molecular complexity index is 732. The Morgan fingerprint density at radius 3 is 2.53 bits per heavy atom. The lowest BCUT2D eigenvalue weighted by Crippen LogP contribution is -2.59. The van der Waals surface area contributed by atoms with E-state index in [4.69, 9.17) is 9.47 Å². The Morgan fingerprint density at radius 1 is 1.03 bits per heavy atom. The number of hydrogen-bond donors (Lipinski definition) is 0. The number of epoxide rings is 1. The maximum absolute atomic E-state index is 11.6. The molecule has 182 valence electrons. The van der Waals surface area contributed by atoms with Crippen LogP contribution in [0.15, 0.2) is 0 Å². The number of fused-ring (bicyclic) bond motifs is 4. The molecule has 5 rings (SSSR count). The molecule has 1 spiro atoms. The molecule has 0 bridgehead atoms. The van der Waals surface area contributed by atoms with E-state index in [1.807, 2.05) is 0 Å². The molecule has 3 nitrogen and oxygen atoms in total. The predicted molar refractivity (Wildman–Crippen MR) is 128 cm³/mol. The van der Waals surface area contributed by atoms with Gasteiger partial charge in [-0.15, -0.1) is 0 Å². The molecule has 5 fully saturated rings. The van der Waals surface area contributed by atoms with Gasteiger partial charge in [0, 0.05) is 18.8 Å².